The molecule has 0 spiro atoms. The quantitative estimate of drug-likeness (QED) is 0.496. The highest BCUT2D eigenvalue weighted by atomic mass is 32.1. The van der Waals surface area contributed by atoms with E-state index in [2.05, 4.69) is 15.5 Å². The normalized spacial score (nSPS) is 16.5. The molecule has 2 aromatic rings. The lowest BCUT2D eigenvalue weighted by Crippen LogP contribution is -2.41. The molecule has 1 atom stereocenters. The molecule has 4 nitrogen and oxygen atoms in total. The van der Waals surface area contributed by atoms with E-state index >= 15 is 0 Å². The Bertz CT molecular complexity index is 876. The monoisotopic (exact) mass is 493 g/mol. The van der Waals surface area contributed by atoms with E-state index < -0.39 is 42.0 Å². The molecule has 0 bridgehead atoms. The molecule has 1 fully saturated rings. The Labute approximate surface area is 192 Å². The number of hydrogen-bond donors (Lipinski definition) is 2. The van der Waals surface area contributed by atoms with E-state index in [0.29, 0.717) is 24.2 Å². The first kappa shape index (κ1) is 25.5. The number of nitrogens with zero attached hydrogens (tertiary/aromatic N) is 1. The molecule has 2 heterocycles. The number of alkyl halides is 6. The lowest BCUT2D eigenvalue weighted by atomic mass is 10.0. The summed E-state index contributed by atoms with van der Waals surface area (Å²) in [5.41, 5.74) is -2.40. The predicted octanol–water partition coefficient (Wildman–Crippen LogP) is 5.22. The maximum atomic E-state index is 13.1. The van der Waals surface area contributed by atoms with Crippen LogP contribution in [0.2, 0.25) is 0 Å². The van der Waals surface area contributed by atoms with E-state index in [4.69, 9.17) is 0 Å². The minimum Gasteiger partial charge on any atom is -0.350 e. The molecule has 2 N–H and O–H groups in total. The van der Waals surface area contributed by atoms with Gasteiger partial charge in [-0.15, -0.1) is 0 Å². The van der Waals surface area contributed by atoms with Crippen LogP contribution in [0, 0.1) is 0 Å². The van der Waals surface area contributed by atoms with Gasteiger partial charge in [-0.3, -0.25) is 4.79 Å². The van der Waals surface area contributed by atoms with Gasteiger partial charge in [-0.05, 0) is 72.1 Å². The van der Waals surface area contributed by atoms with Gasteiger partial charge in [0, 0.05) is 19.6 Å². The summed E-state index contributed by atoms with van der Waals surface area (Å²) in [7, 11) is 0. The zero-order chi connectivity index (χ0) is 24.1. The van der Waals surface area contributed by atoms with Crippen molar-refractivity contribution in [1.29, 1.82) is 0 Å². The van der Waals surface area contributed by atoms with Crippen LogP contribution in [0.15, 0.2) is 35.0 Å². The maximum absolute atomic E-state index is 13.1. The topological polar surface area (TPSA) is 44.4 Å². The van der Waals surface area contributed by atoms with Crippen molar-refractivity contribution in [3.05, 3.63) is 57.3 Å². The molecule has 1 aliphatic heterocycles. The van der Waals surface area contributed by atoms with Crippen LogP contribution >= 0.6 is 11.3 Å². The van der Waals surface area contributed by atoms with Crippen molar-refractivity contribution < 1.29 is 31.1 Å². The average molecular weight is 494 g/mol. The number of piperidine rings is 1. The Balaban J connectivity index is 1.68. The lowest BCUT2D eigenvalue weighted by Gasteiger charge is -2.27. The molecule has 3 rings (SSSR count). The van der Waals surface area contributed by atoms with Crippen molar-refractivity contribution in [3.8, 4) is 0 Å². The summed E-state index contributed by atoms with van der Waals surface area (Å²) in [6.07, 6.45) is -6.41. The summed E-state index contributed by atoms with van der Waals surface area (Å²) in [6.45, 7) is 2.80. The van der Waals surface area contributed by atoms with Crippen LogP contribution in [0.4, 0.5) is 26.3 Å². The fourth-order valence-electron chi connectivity index (χ4n) is 3.76. The molecule has 1 aliphatic rings. The molecule has 1 saturated heterocycles. The van der Waals surface area contributed by atoms with Crippen LogP contribution in [0.1, 0.15) is 47.6 Å². The zero-order valence-corrected chi connectivity index (χ0v) is 18.5. The van der Waals surface area contributed by atoms with Gasteiger partial charge in [0.1, 0.15) is 6.04 Å². The third kappa shape index (κ3) is 7.44. The highest BCUT2D eigenvalue weighted by Crippen LogP contribution is 2.36. The summed E-state index contributed by atoms with van der Waals surface area (Å²) >= 11 is 1.39. The molecule has 1 aromatic carbocycles. The van der Waals surface area contributed by atoms with Crippen molar-refractivity contribution in [2.45, 2.75) is 44.2 Å². The minimum atomic E-state index is -4.94. The van der Waals surface area contributed by atoms with Crippen LogP contribution in [-0.4, -0.2) is 37.0 Å². The van der Waals surface area contributed by atoms with Crippen LogP contribution in [0.5, 0.6) is 0 Å². The molecule has 1 unspecified atom stereocenters. The molecule has 0 radical (unpaired) electrons. The summed E-state index contributed by atoms with van der Waals surface area (Å²) < 4.78 is 78.4. The SMILES string of the molecule is O=C(NCc1cc(C(F)(F)F)cc(C(F)(F)F)c1)C(NCCN1CCCCC1)c1ccsc1. The van der Waals surface area contributed by atoms with Gasteiger partial charge in [-0.2, -0.15) is 37.7 Å². The number of rotatable bonds is 8. The number of thiophene rings is 1. The number of nitrogens with one attached hydrogen (secondary N) is 2. The Morgan fingerprint density at radius 1 is 1.00 bits per heavy atom. The highest BCUT2D eigenvalue weighted by Gasteiger charge is 2.37. The smallest absolute Gasteiger partial charge is 0.350 e. The highest BCUT2D eigenvalue weighted by molar-refractivity contribution is 7.08. The number of amides is 1. The van der Waals surface area contributed by atoms with E-state index in [1.165, 1.54) is 17.8 Å². The second kappa shape index (κ2) is 10.9. The zero-order valence-electron chi connectivity index (χ0n) is 17.7. The number of likely N-dealkylation sites (tertiary alicyclic amines) is 1. The lowest BCUT2D eigenvalue weighted by molar-refractivity contribution is -0.143. The fourth-order valence-corrected chi connectivity index (χ4v) is 4.45. The van der Waals surface area contributed by atoms with E-state index in [9.17, 15) is 31.1 Å². The van der Waals surface area contributed by atoms with Crippen LogP contribution in [-0.2, 0) is 23.7 Å². The molecule has 11 heteroatoms. The summed E-state index contributed by atoms with van der Waals surface area (Å²) in [4.78, 5) is 15.1. The van der Waals surface area contributed by atoms with Gasteiger partial charge in [0.2, 0.25) is 5.91 Å². The van der Waals surface area contributed by atoms with E-state index in [0.717, 1.165) is 32.5 Å². The van der Waals surface area contributed by atoms with E-state index in [-0.39, 0.29) is 11.6 Å². The molecule has 182 valence electrons. The average Bonchev–Trinajstić information content (AvgIpc) is 3.29. The number of halogens is 6. The Hall–Kier alpha value is -2.11. The molecular formula is C22H25F6N3OS. The summed E-state index contributed by atoms with van der Waals surface area (Å²) in [6, 6.07) is 2.32. The molecule has 0 aliphatic carbocycles. The first-order valence-corrected chi connectivity index (χ1v) is 11.5. The second-order valence-electron chi connectivity index (χ2n) is 7.98. The number of carbonyl (C=O) groups is 1. The van der Waals surface area contributed by atoms with Crippen molar-refractivity contribution in [2.24, 2.45) is 0 Å². The molecule has 0 saturated carbocycles. The summed E-state index contributed by atoms with van der Waals surface area (Å²) in [5.74, 6) is -0.516. The molecular weight excluding hydrogens is 468 g/mol. The van der Waals surface area contributed by atoms with Crippen LogP contribution < -0.4 is 10.6 Å². The van der Waals surface area contributed by atoms with Crippen molar-refractivity contribution in [3.63, 3.8) is 0 Å². The first-order valence-electron chi connectivity index (χ1n) is 10.6. The van der Waals surface area contributed by atoms with Gasteiger partial charge in [-0.1, -0.05) is 6.42 Å². The third-order valence-corrected chi connectivity index (χ3v) is 6.18. The van der Waals surface area contributed by atoms with Gasteiger partial charge in [0.25, 0.3) is 0 Å². The van der Waals surface area contributed by atoms with Gasteiger partial charge in [-0.25, -0.2) is 0 Å². The second-order valence-corrected chi connectivity index (χ2v) is 8.76. The number of carbonyl (C=O) groups excluding carboxylic acids is 1. The maximum Gasteiger partial charge on any atom is 0.416 e. The predicted molar refractivity (Wildman–Crippen MR) is 114 cm³/mol. The molecule has 1 aromatic heterocycles. The van der Waals surface area contributed by atoms with Crippen molar-refractivity contribution in [2.75, 3.05) is 26.2 Å². The number of hydrogen-bond acceptors (Lipinski definition) is 4. The third-order valence-electron chi connectivity index (χ3n) is 5.48. The van der Waals surface area contributed by atoms with Gasteiger partial charge in [0.15, 0.2) is 0 Å². The Kier molecular flexibility index (Phi) is 8.41. The van der Waals surface area contributed by atoms with Crippen molar-refractivity contribution >= 4 is 17.2 Å². The minimum absolute atomic E-state index is 0.0711. The van der Waals surface area contributed by atoms with E-state index in [1.54, 1.807) is 16.8 Å². The molecule has 33 heavy (non-hydrogen) atoms. The molecule has 1 amide bonds. The number of benzene rings is 1. The standard InChI is InChI=1S/C22H25F6N3OS/c23-21(24,25)17-10-15(11-18(12-17)22(26,27)28)13-30-20(32)19(16-4-9-33-14-16)29-5-8-31-6-2-1-3-7-31/h4,9-12,14,19,29H,1-3,5-8,13H2,(H,30,32). The Morgan fingerprint density at radius 3 is 2.18 bits per heavy atom. The van der Waals surface area contributed by atoms with Crippen LogP contribution in [0.25, 0.3) is 0 Å². The largest absolute Gasteiger partial charge is 0.416 e. The van der Waals surface area contributed by atoms with Gasteiger partial charge < -0.3 is 15.5 Å². The fraction of sp³-hybridized carbons (Fsp3) is 0.500. The van der Waals surface area contributed by atoms with Crippen LogP contribution in [0.3, 0.4) is 0 Å². The van der Waals surface area contributed by atoms with Gasteiger partial charge in [0.05, 0.1) is 11.1 Å². The van der Waals surface area contributed by atoms with Crippen molar-refractivity contribution in [1.82, 2.24) is 15.5 Å². The summed E-state index contributed by atoms with van der Waals surface area (Å²) in [5, 5.41) is 9.24. The van der Waals surface area contributed by atoms with Gasteiger partial charge >= 0.3 is 12.4 Å². The Morgan fingerprint density at radius 2 is 1.64 bits per heavy atom. The van der Waals surface area contributed by atoms with E-state index in [1.807, 2.05) is 0 Å². The first-order chi connectivity index (χ1) is 15.5.